The highest BCUT2D eigenvalue weighted by molar-refractivity contribution is 6.05. The second-order valence-electron chi connectivity index (χ2n) is 9.31. The van der Waals surface area contributed by atoms with Gasteiger partial charge in [-0.1, -0.05) is 11.6 Å². The molecule has 1 aliphatic heterocycles. The Bertz CT molecular complexity index is 1610. The number of benzene rings is 2. The van der Waals surface area contributed by atoms with Gasteiger partial charge in [0.1, 0.15) is 17.3 Å². The van der Waals surface area contributed by atoms with Gasteiger partial charge in [0.2, 0.25) is 0 Å². The zero-order chi connectivity index (χ0) is 26.3. The quantitative estimate of drug-likeness (QED) is 0.305. The molecule has 1 aliphatic rings. The zero-order valence-corrected chi connectivity index (χ0v) is 20.8. The number of hydrogen-bond acceptors (Lipinski definition) is 7. The predicted octanol–water partition coefficient (Wildman–Crippen LogP) is 4.98. The fraction of sp³-hybridized carbons (Fsp3) is 0.259. The molecule has 1 N–H and O–H groups in total. The van der Waals surface area contributed by atoms with Crippen molar-refractivity contribution in [2.75, 3.05) is 23.3 Å². The Morgan fingerprint density at radius 1 is 1.11 bits per heavy atom. The highest BCUT2D eigenvalue weighted by atomic mass is 16.6. The molecule has 0 saturated carbocycles. The number of nitro groups is 1. The summed E-state index contributed by atoms with van der Waals surface area (Å²) in [6.45, 7) is 7.47. The fourth-order valence-corrected chi connectivity index (χ4v) is 4.88. The van der Waals surface area contributed by atoms with Gasteiger partial charge in [-0.15, -0.1) is 0 Å². The number of anilines is 2. The van der Waals surface area contributed by atoms with Gasteiger partial charge in [-0.05, 0) is 69.0 Å². The van der Waals surface area contributed by atoms with Crippen LogP contribution in [0.2, 0.25) is 0 Å². The van der Waals surface area contributed by atoms with Crippen molar-refractivity contribution < 1.29 is 9.72 Å². The number of rotatable bonds is 5. The van der Waals surface area contributed by atoms with E-state index in [1.165, 1.54) is 16.9 Å². The molecule has 0 spiro atoms. The first-order valence-electron chi connectivity index (χ1n) is 12.0. The summed E-state index contributed by atoms with van der Waals surface area (Å²) in [5, 5.41) is 29.5. The van der Waals surface area contributed by atoms with Gasteiger partial charge in [0.15, 0.2) is 11.6 Å². The van der Waals surface area contributed by atoms with Crippen LogP contribution in [0, 0.1) is 42.2 Å². The molecule has 1 fully saturated rings. The highest BCUT2D eigenvalue weighted by Gasteiger charge is 2.25. The summed E-state index contributed by atoms with van der Waals surface area (Å²) in [6.07, 6.45) is 3.31. The maximum absolute atomic E-state index is 13.2. The molecule has 4 aromatic rings. The van der Waals surface area contributed by atoms with E-state index < -0.39 is 10.8 Å². The summed E-state index contributed by atoms with van der Waals surface area (Å²) >= 11 is 0. The number of aromatic nitrogens is 3. The highest BCUT2D eigenvalue weighted by Crippen LogP contribution is 2.32. The van der Waals surface area contributed by atoms with Gasteiger partial charge in [0.25, 0.3) is 11.6 Å². The van der Waals surface area contributed by atoms with Gasteiger partial charge in [-0.2, -0.15) is 15.0 Å². The van der Waals surface area contributed by atoms with E-state index in [1.807, 2.05) is 43.9 Å². The standard InChI is InChI=1S/C27H25N7O3/c1-16-10-18(3)25-21(11-16)17(2)12-24(30-25)33-26(20(14-28)15-29-33)31-27(35)19-6-7-22(23(13-19)34(36)37)32-8-4-5-9-32/h6-7,10-13,15H,4-5,8-9H2,1-3H3,(H,31,35). The van der Waals surface area contributed by atoms with Crippen molar-refractivity contribution in [3.8, 4) is 11.9 Å². The van der Waals surface area contributed by atoms with Crippen molar-refractivity contribution in [2.45, 2.75) is 33.6 Å². The maximum atomic E-state index is 13.2. The Morgan fingerprint density at radius 3 is 2.57 bits per heavy atom. The SMILES string of the molecule is Cc1cc(C)c2nc(-n3ncc(C#N)c3NC(=O)c3ccc(N4CCCC4)c([N+](=O)[O-])c3)cc(C)c2c1. The molecule has 2 aromatic carbocycles. The van der Waals surface area contributed by atoms with Crippen molar-refractivity contribution in [1.82, 2.24) is 14.8 Å². The Kier molecular flexibility index (Phi) is 6.05. The minimum absolute atomic E-state index is 0.111. The van der Waals surface area contributed by atoms with Crippen LogP contribution < -0.4 is 10.2 Å². The number of nitrogens with one attached hydrogen (secondary N) is 1. The lowest BCUT2D eigenvalue weighted by Crippen LogP contribution is -2.20. The van der Waals surface area contributed by atoms with Gasteiger partial charge in [0, 0.05) is 30.1 Å². The number of nitrogens with zero attached hydrogens (tertiary/aromatic N) is 6. The van der Waals surface area contributed by atoms with E-state index in [-0.39, 0.29) is 22.6 Å². The van der Waals surface area contributed by atoms with E-state index in [9.17, 15) is 20.2 Å². The molecule has 5 rings (SSSR count). The summed E-state index contributed by atoms with van der Waals surface area (Å²) in [5.41, 5.74) is 4.56. The van der Waals surface area contributed by atoms with Crippen LogP contribution in [0.3, 0.4) is 0 Å². The van der Waals surface area contributed by atoms with Crippen molar-refractivity contribution in [3.05, 3.63) is 80.5 Å². The normalized spacial score (nSPS) is 13.1. The number of hydrogen-bond donors (Lipinski definition) is 1. The Labute approximate surface area is 213 Å². The average molecular weight is 496 g/mol. The molecule has 2 aromatic heterocycles. The predicted molar refractivity (Wildman–Crippen MR) is 140 cm³/mol. The molecular formula is C27H25N7O3. The number of fused-ring (bicyclic) bond motifs is 1. The van der Waals surface area contributed by atoms with E-state index in [0.29, 0.717) is 11.5 Å². The molecule has 0 radical (unpaired) electrons. The maximum Gasteiger partial charge on any atom is 0.293 e. The van der Waals surface area contributed by atoms with Gasteiger partial charge >= 0.3 is 0 Å². The summed E-state index contributed by atoms with van der Waals surface area (Å²) in [7, 11) is 0. The molecule has 3 heterocycles. The van der Waals surface area contributed by atoms with Gasteiger partial charge in [-0.25, -0.2) is 4.98 Å². The number of carbonyl (C=O) groups is 1. The summed E-state index contributed by atoms with van der Waals surface area (Å²) in [4.78, 5) is 31.3. The minimum atomic E-state index is -0.585. The first-order valence-corrected chi connectivity index (χ1v) is 12.0. The van der Waals surface area contributed by atoms with Crippen LogP contribution in [0.4, 0.5) is 17.2 Å². The molecular weight excluding hydrogens is 470 g/mol. The third-order valence-corrected chi connectivity index (χ3v) is 6.66. The fourth-order valence-electron chi connectivity index (χ4n) is 4.88. The van der Waals surface area contributed by atoms with Gasteiger partial charge in [-0.3, -0.25) is 14.9 Å². The lowest BCUT2D eigenvalue weighted by molar-refractivity contribution is -0.384. The summed E-state index contributed by atoms with van der Waals surface area (Å²) in [5.74, 6) is 0.0116. The van der Waals surface area contributed by atoms with Crippen molar-refractivity contribution in [3.63, 3.8) is 0 Å². The molecule has 0 aliphatic carbocycles. The molecule has 186 valence electrons. The molecule has 1 saturated heterocycles. The van der Waals surface area contributed by atoms with Crippen LogP contribution in [-0.2, 0) is 0 Å². The molecule has 37 heavy (non-hydrogen) atoms. The lowest BCUT2D eigenvalue weighted by Gasteiger charge is -2.18. The van der Waals surface area contributed by atoms with Crippen LogP contribution in [0.5, 0.6) is 0 Å². The van der Waals surface area contributed by atoms with Crippen LogP contribution in [0.15, 0.2) is 42.6 Å². The summed E-state index contributed by atoms with van der Waals surface area (Å²) in [6, 6.07) is 12.5. The summed E-state index contributed by atoms with van der Waals surface area (Å²) < 4.78 is 1.41. The molecule has 1 amide bonds. The third-order valence-electron chi connectivity index (χ3n) is 6.66. The van der Waals surface area contributed by atoms with E-state index in [4.69, 9.17) is 4.98 Å². The largest absolute Gasteiger partial charge is 0.366 e. The van der Waals surface area contributed by atoms with Gasteiger partial charge < -0.3 is 10.2 Å². The van der Waals surface area contributed by atoms with Crippen LogP contribution in [0.1, 0.15) is 45.5 Å². The van der Waals surface area contributed by atoms with E-state index >= 15 is 0 Å². The number of aryl methyl sites for hydroxylation is 3. The Morgan fingerprint density at radius 2 is 1.86 bits per heavy atom. The first-order chi connectivity index (χ1) is 17.8. The topological polar surface area (TPSA) is 130 Å². The van der Waals surface area contributed by atoms with E-state index in [1.54, 1.807) is 12.1 Å². The van der Waals surface area contributed by atoms with Crippen LogP contribution >= 0.6 is 0 Å². The number of nitro benzene ring substituents is 1. The number of carbonyl (C=O) groups excluding carboxylic acids is 1. The van der Waals surface area contributed by atoms with Crippen molar-refractivity contribution in [1.29, 1.82) is 5.26 Å². The second-order valence-corrected chi connectivity index (χ2v) is 9.31. The second kappa shape index (κ2) is 9.35. The number of amides is 1. The van der Waals surface area contributed by atoms with Crippen LogP contribution in [-0.4, -0.2) is 38.7 Å². The Hall–Kier alpha value is -4.78. The minimum Gasteiger partial charge on any atom is -0.366 e. The third kappa shape index (κ3) is 4.36. The molecule has 0 unspecified atom stereocenters. The Balaban J connectivity index is 1.53. The number of pyridine rings is 1. The van der Waals surface area contributed by atoms with Crippen molar-refractivity contribution in [2.24, 2.45) is 0 Å². The van der Waals surface area contributed by atoms with Crippen molar-refractivity contribution >= 4 is 34.0 Å². The molecule has 10 nitrogen and oxygen atoms in total. The molecule has 0 bridgehead atoms. The average Bonchev–Trinajstić information content (AvgIpc) is 3.54. The van der Waals surface area contributed by atoms with E-state index in [0.717, 1.165) is 53.5 Å². The lowest BCUT2D eigenvalue weighted by atomic mass is 10.0. The van der Waals surface area contributed by atoms with Gasteiger partial charge in [0.05, 0.1) is 16.6 Å². The van der Waals surface area contributed by atoms with Crippen LogP contribution in [0.25, 0.3) is 16.7 Å². The smallest absolute Gasteiger partial charge is 0.293 e. The number of nitriles is 1. The molecule has 0 atom stereocenters. The zero-order valence-electron chi connectivity index (χ0n) is 20.8. The monoisotopic (exact) mass is 495 g/mol. The first kappa shape index (κ1) is 23.9. The van der Waals surface area contributed by atoms with E-state index in [2.05, 4.69) is 16.5 Å². The molecule has 10 heteroatoms.